The van der Waals surface area contributed by atoms with E-state index in [0.717, 1.165) is 26.3 Å². The minimum absolute atomic E-state index is 0.169. The Morgan fingerprint density at radius 1 is 0.923 bits per heavy atom. The summed E-state index contributed by atoms with van der Waals surface area (Å²) in [5.41, 5.74) is 0.804. The van der Waals surface area contributed by atoms with E-state index in [1.807, 2.05) is 0 Å². The van der Waals surface area contributed by atoms with Gasteiger partial charge in [-0.05, 0) is 19.1 Å². The number of nitrogens with one attached hydrogen (secondary N) is 1. The molecule has 13 nitrogen and oxygen atoms in total. The van der Waals surface area contributed by atoms with Crippen LogP contribution in [0, 0.1) is 6.92 Å². The van der Waals surface area contributed by atoms with Gasteiger partial charge in [0.15, 0.2) is 12.2 Å². The van der Waals surface area contributed by atoms with Crippen LogP contribution in [-0.2, 0) is 52.4 Å². The molecule has 1 aliphatic heterocycles. The minimum Gasteiger partial charge on any atom is -0.456 e. The van der Waals surface area contributed by atoms with Crippen LogP contribution in [0.25, 0.3) is 0 Å². The van der Waals surface area contributed by atoms with Gasteiger partial charge in [-0.3, -0.25) is 18.6 Å². The van der Waals surface area contributed by atoms with Crippen molar-refractivity contribution in [2.75, 3.05) is 13.2 Å². The molecule has 1 heterocycles. The van der Waals surface area contributed by atoms with Crippen LogP contribution in [0.4, 0.5) is 4.79 Å². The molecule has 0 radical (unpaired) electrons. The van der Waals surface area contributed by atoms with Crippen LogP contribution in [-0.4, -0.2) is 80.1 Å². The first-order valence-electron chi connectivity index (χ1n) is 11.1. The zero-order valence-corrected chi connectivity index (χ0v) is 24.1. The average Bonchev–Trinajstić information content (AvgIpc) is 2.79. The van der Waals surface area contributed by atoms with Crippen molar-refractivity contribution in [1.29, 1.82) is 0 Å². The Kier molecular flexibility index (Phi) is 11.6. The van der Waals surface area contributed by atoms with E-state index in [1.165, 1.54) is 12.1 Å². The predicted octanol–water partition coefficient (Wildman–Crippen LogP) is 2.32. The number of ether oxygens (including phenoxy) is 5. The number of carbonyl (C=O) groups excluding carboxylic acids is 4. The number of alkyl halides is 3. The molecule has 1 saturated heterocycles. The normalized spacial score (nSPS) is 23.3. The molecule has 39 heavy (non-hydrogen) atoms. The first-order chi connectivity index (χ1) is 18.0. The maximum Gasteiger partial charge on any atom is 0.407 e. The molecule has 1 amide bonds. The monoisotopic (exact) mass is 633 g/mol. The van der Waals surface area contributed by atoms with Crippen molar-refractivity contribution in [3.63, 3.8) is 0 Å². The van der Waals surface area contributed by atoms with Gasteiger partial charge in [-0.1, -0.05) is 52.5 Å². The van der Waals surface area contributed by atoms with Gasteiger partial charge >= 0.3 is 24.0 Å². The molecule has 1 aromatic carbocycles. The lowest BCUT2D eigenvalue weighted by Gasteiger charge is -2.44. The van der Waals surface area contributed by atoms with Gasteiger partial charge in [0.2, 0.25) is 10.1 Å². The van der Waals surface area contributed by atoms with E-state index < -0.39 is 81.8 Å². The number of rotatable bonds is 9. The molecule has 0 aliphatic carbocycles. The van der Waals surface area contributed by atoms with E-state index in [1.54, 1.807) is 19.1 Å². The fraction of sp³-hybridized carbons (Fsp3) is 0.545. The highest BCUT2D eigenvalue weighted by Crippen LogP contribution is 2.30. The number of hydrogen-bond donors (Lipinski definition) is 1. The van der Waals surface area contributed by atoms with Gasteiger partial charge < -0.3 is 29.0 Å². The van der Waals surface area contributed by atoms with E-state index in [2.05, 4.69) is 5.32 Å². The van der Waals surface area contributed by atoms with Crippen molar-refractivity contribution in [3.05, 3.63) is 29.8 Å². The number of aryl methyl sites for hydroxylation is 1. The number of benzene rings is 1. The van der Waals surface area contributed by atoms with Gasteiger partial charge in [0.25, 0.3) is 10.1 Å². The van der Waals surface area contributed by atoms with Crippen molar-refractivity contribution in [1.82, 2.24) is 5.32 Å². The van der Waals surface area contributed by atoms with Crippen LogP contribution < -0.4 is 5.32 Å². The van der Waals surface area contributed by atoms with E-state index in [-0.39, 0.29) is 4.90 Å². The van der Waals surface area contributed by atoms with Crippen molar-refractivity contribution in [2.24, 2.45) is 0 Å². The Morgan fingerprint density at radius 3 is 1.97 bits per heavy atom. The summed E-state index contributed by atoms with van der Waals surface area (Å²) in [6.07, 6.45) is -7.51. The lowest BCUT2D eigenvalue weighted by Crippen LogP contribution is -2.67. The van der Waals surface area contributed by atoms with Crippen molar-refractivity contribution in [3.8, 4) is 0 Å². The lowest BCUT2D eigenvalue weighted by molar-refractivity contribution is -0.268. The highest BCUT2D eigenvalue weighted by molar-refractivity contribution is 7.86. The zero-order valence-electron chi connectivity index (χ0n) is 21.1. The number of esters is 3. The molecule has 0 spiro atoms. The molecule has 0 aromatic heterocycles. The molecule has 218 valence electrons. The summed E-state index contributed by atoms with van der Waals surface area (Å²) in [4.78, 5) is 47.9. The Hall–Kier alpha value is -2.36. The number of alkyl carbamates (subject to hydrolysis) is 1. The van der Waals surface area contributed by atoms with Gasteiger partial charge in [0.05, 0.1) is 11.5 Å². The number of halogens is 3. The number of hydrogen-bond acceptors (Lipinski definition) is 12. The molecule has 0 bridgehead atoms. The second kappa shape index (κ2) is 13.8. The summed E-state index contributed by atoms with van der Waals surface area (Å²) in [5.74, 6) is -2.66. The third-order valence-electron chi connectivity index (χ3n) is 4.88. The SMILES string of the molecule is CC(=O)O[C@@H]1O[C@H](COS(=O)(=O)c2ccc(C)cc2)[C@@H](OC(C)=O)[C@H](OC(C)=O)[C@H]1NC(=O)OCC(Cl)(Cl)Cl. The summed E-state index contributed by atoms with van der Waals surface area (Å²) in [7, 11) is -4.33. The summed E-state index contributed by atoms with van der Waals surface area (Å²) >= 11 is 16.7. The molecule has 1 aliphatic rings. The fourth-order valence-electron chi connectivity index (χ4n) is 3.38. The molecular formula is C22H26Cl3NO12S. The van der Waals surface area contributed by atoms with Gasteiger partial charge in [-0.25, -0.2) is 4.79 Å². The second-order valence-corrected chi connectivity index (χ2v) is 12.3. The summed E-state index contributed by atoms with van der Waals surface area (Å²) in [5, 5.41) is 2.26. The minimum atomic E-state index is -4.33. The molecule has 5 atom stereocenters. The third-order valence-corrected chi connectivity index (χ3v) is 6.50. The highest BCUT2D eigenvalue weighted by Gasteiger charge is 2.52. The van der Waals surface area contributed by atoms with E-state index in [9.17, 15) is 27.6 Å². The van der Waals surface area contributed by atoms with Crippen LogP contribution in [0.2, 0.25) is 0 Å². The topological polar surface area (TPSA) is 170 Å². The van der Waals surface area contributed by atoms with Crippen molar-refractivity contribution >= 4 is 68.9 Å². The molecule has 0 saturated carbocycles. The molecule has 0 unspecified atom stereocenters. The van der Waals surface area contributed by atoms with Crippen LogP contribution in [0.15, 0.2) is 29.2 Å². The zero-order chi connectivity index (χ0) is 29.5. The Labute approximate surface area is 239 Å². The van der Waals surface area contributed by atoms with Gasteiger partial charge in [0.1, 0.15) is 18.8 Å². The molecule has 17 heteroatoms. The maximum atomic E-state index is 12.7. The molecular weight excluding hydrogens is 609 g/mol. The van der Waals surface area contributed by atoms with E-state index in [0.29, 0.717) is 0 Å². The molecule has 1 fully saturated rings. The number of amides is 1. The molecule has 1 aromatic rings. The fourth-order valence-corrected chi connectivity index (χ4v) is 4.46. The summed E-state index contributed by atoms with van der Waals surface area (Å²) in [6, 6.07) is 4.22. The smallest absolute Gasteiger partial charge is 0.407 e. The second-order valence-electron chi connectivity index (χ2n) is 8.21. The largest absolute Gasteiger partial charge is 0.456 e. The number of carbonyl (C=O) groups is 4. The molecule has 1 N–H and O–H groups in total. The first-order valence-corrected chi connectivity index (χ1v) is 13.7. The van der Waals surface area contributed by atoms with Crippen LogP contribution in [0.5, 0.6) is 0 Å². The standard InChI is InChI=1S/C22H26Cl3NO12S/c1-11-5-7-15(8-6-11)39(31,32)34-9-16-18(35-12(2)27)19(36-13(3)28)17(20(38-16)37-14(4)29)26-21(30)33-10-22(23,24)25/h5-8,16-20H,9-10H2,1-4H3,(H,26,30)/t16-,17-,18-,19-,20-/m1/s1. The average molecular weight is 635 g/mol. The third kappa shape index (κ3) is 10.6. The van der Waals surface area contributed by atoms with Crippen molar-refractivity contribution in [2.45, 2.75) is 67.0 Å². The summed E-state index contributed by atoms with van der Waals surface area (Å²) < 4.78 is 54.8. The quantitative estimate of drug-likeness (QED) is 0.182. The Bertz CT molecular complexity index is 1160. The Balaban J connectivity index is 2.40. The lowest BCUT2D eigenvalue weighted by atomic mass is 9.96. The highest BCUT2D eigenvalue weighted by atomic mass is 35.6. The van der Waals surface area contributed by atoms with Gasteiger partial charge in [-0.2, -0.15) is 8.42 Å². The Morgan fingerprint density at radius 2 is 1.46 bits per heavy atom. The predicted molar refractivity (Wildman–Crippen MR) is 134 cm³/mol. The summed E-state index contributed by atoms with van der Waals surface area (Å²) in [6.45, 7) is 3.38. The van der Waals surface area contributed by atoms with Crippen LogP contribution >= 0.6 is 34.8 Å². The van der Waals surface area contributed by atoms with Crippen LogP contribution in [0.1, 0.15) is 26.3 Å². The van der Waals surface area contributed by atoms with E-state index >= 15 is 0 Å². The maximum absolute atomic E-state index is 12.7. The van der Waals surface area contributed by atoms with Crippen LogP contribution in [0.3, 0.4) is 0 Å². The van der Waals surface area contributed by atoms with E-state index in [4.69, 9.17) is 62.7 Å². The first kappa shape index (κ1) is 32.8. The van der Waals surface area contributed by atoms with Gasteiger partial charge in [0, 0.05) is 20.8 Å². The van der Waals surface area contributed by atoms with Gasteiger partial charge in [-0.15, -0.1) is 0 Å². The molecule has 2 rings (SSSR count). The van der Waals surface area contributed by atoms with Crippen molar-refractivity contribution < 1.29 is 55.5 Å².